The second-order valence-corrected chi connectivity index (χ2v) is 5.32. The largest absolute Gasteiger partial charge is 0.320 e. The molecule has 1 heterocycles. The first-order valence-electron chi connectivity index (χ1n) is 5.96. The second-order valence-electron chi connectivity index (χ2n) is 4.20. The Morgan fingerprint density at radius 1 is 1.24 bits per heavy atom. The van der Waals surface area contributed by atoms with E-state index in [9.17, 15) is 0 Å². The molecule has 0 saturated carbocycles. The van der Waals surface area contributed by atoms with Crippen LogP contribution >= 0.6 is 11.3 Å². The number of nitrogens with zero attached hydrogens (tertiary/aromatic N) is 1. The molecule has 0 aliphatic heterocycles. The van der Waals surface area contributed by atoms with E-state index in [4.69, 9.17) is 0 Å². The zero-order chi connectivity index (χ0) is 12.1. The average molecular weight is 246 g/mol. The summed E-state index contributed by atoms with van der Waals surface area (Å²) in [5.41, 5.74) is 2.51. The van der Waals surface area contributed by atoms with Crippen molar-refractivity contribution in [2.45, 2.75) is 19.8 Å². The van der Waals surface area contributed by atoms with Crippen molar-refractivity contribution in [1.29, 1.82) is 0 Å². The van der Waals surface area contributed by atoms with Gasteiger partial charge in [0.2, 0.25) is 0 Å². The SMILES string of the molecule is CNCCCc1cnc(-c2ccc(C)cc2)s1. The van der Waals surface area contributed by atoms with Gasteiger partial charge >= 0.3 is 0 Å². The van der Waals surface area contributed by atoms with Crippen LogP contribution in [0.3, 0.4) is 0 Å². The third-order valence-corrected chi connectivity index (χ3v) is 3.81. The maximum Gasteiger partial charge on any atom is 0.123 e. The van der Waals surface area contributed by atoms with Gasteiger partial charge < -0.3 is 5.32 Å². The van der Waals surface area contributed by atoms with Gasteiger partial charge in [-0.2, -0.15) is 0 Å². The van der Waals surface area contributed by atoms with Crippen LogP contribution in [0.4, 0.5) is 0 Å². The lowest BCUT2D eigenvalue weighted by Gasteiger charge is -1.97. The Bertz CT molecular complexity index is 459. The van der Waals surface area contributed by atoms with E-state index in [2.05, 4.69) is 41.5 Å². The van der Waals surface area contributed by atoms with Gasteiger partial charge in [0.25, 0.3) is 0 Å². The number of aryl methyl sites for hydroxylation is 2. The standard InChI is InChI=1S/C14H18N2S/c1-11-5-7-12(8-6-11)14-16-10-13(17-14)4-3-9-15-2/h5-8,10,15H,3-4,9H2,1-2H3. The van der Waals surface area contributed by atoms with Crippen LogP contribution in [0.25, 0.3) is 10.6 Å². The van der Waals surface area contributed by atoms with Crippen molar-refractivity contribution in [3.05, 3.63) is 40.9 Å². The Labute approximate surface area is 107 Å². The van der Waals surface area contributed by atoms with E-state index < -0.39 is 0 Å². The van der Waals surface area contributed by atoms with Crippen LogP contribution in [0.2, 0.25) is 0 Å². The van der Waals surface area contributed by atoms with Gasteiger partial charge in [-0.25, -0.2) is 4.98 Å². The first-order valence-corrected chi connectivity index (χ1v) is 6.77. The summed E-state index contributed by atoms with van der Waals surface area (Å²) >= 11 is 1.80. The average Bonchev–Trinajstić information content (AvgIpc) is 2.79. The lowest BCUT2D eigenvalue weighted by atomic mass is 10.2. The van der Waals surface area contributed by atoms with Gasteiger partial charge in [0.1, 0.15) is 5.01 Å². The van der Waals surface area contributed by atoms with Crippen LogP contribution in [-0.2, 0) is 6.42 Å². The van der Waals surface area contributed by atoms with E-state index in [1.54, 1.807) is 11.3 Å². The zero-order valence-corrected chi connectivity index (χ0v) is 11.2. The Balaban J connectivity index is 2.04. The molecule has 1 aromatic heterocycles. The molecule has 17 heavy (non-hydrogen) atoms. The monoisotopic (exact) mass is 246 g/mol. The van der Waals surface area contributed by atoms with Gasteiger partial charge in [-0.3, -0.25) is 0 Å². The fourth-order valence-corrected chi connectivity index (χ4v) is 2.65. The van der Waals surface area contributed by atoms with Gasteiger partial charge in [0, 0.05) is 16.6 Å². The summed E-state index contributed by atoms with van der Waals surface area (Å²) in [6.45, 7) is 3.17. The van der Waals surface area contributed by atoms with Crippen LogP contribution in [0.1, 0.15) is 16.9 Å². The Kier molecular flexibility index (Phi) is 4.29. The van der Waals surface area contributed by atoms with Crippen LogP contribution < -0.4 is 5.32 Å². The van der Waals surface area contributed by atoms with Crippen molar-refractivity contribution < 1.29 is 0 Å². The van der Waals surface area contributed by atoms with Gasteiger partial charge in [0.05, 0.1) is 0 Å². The van der Waals surface area contributed by atoms with Gasteiger partial charge in [0.15, 0.2) is 0 Å². The van der Waals surface area contributed by atoms with Crippen molar-refractivity contribution in [1.82, 2.24) is 10.3 Å². The van der Waals surface area contributed by atoms with Crippen molar-refractivity contribution in [2.75, 3.05) is 13.6 Å². The molecule has 0 spiro atoms. The molecular formula is C14H18N2S. The number of hydrogen-bond acceptors (Lipinski definition) is 3. The fourth-order valence-electron chi connectivity index (χ4n) is 1.69. The summed E-state index contributed by atoms with van der Waals surface area (Å²) in [6.07, 6.45) is 4.30. The van der Waals surface area contributed by atoms with E-state index in [0.29, 0.717) is 0 Å². The van der Waals surface area contributed by atoms with E-state index in [1.165, 1.54) is 22.4 Å². The Morgan fingerprint density at radius 3 is 2.71 bits per heavy atom. The van der Waals surface area contributed by atoms with E-state index >= 15 is 0 Å². The normalized spacial score (nSPS) is 10.7. The molecule has 0 unspecified atom stereocenters. The number of aromatic nitrogens is 1. The minimum absolute atomic E-state index is 1.07. The fraction of sp³-hybridized carbons (Fsp3) is 0.357. The number of nitrogens with one attached hydrogen (secondary N) is 1. The summed E-state index contributed by atoms with van der Waals surface area (Å²) in [5.74, 6) is 0. The number of hydrogen-bond donors (Lipinski definition) is 1. The Hall–Kier alpha value is -1.19. The molecule has 1 aromatic carbocycles. The topological polar surface area (TPSA) is 24.9 Å². The van der Waals surface area contributed by atoms with E-state index in [0.717, 1.165) is 18.0 Å². The van der Waals surface area contributed by atoms with Crippen molar-refractivity contribution >= 4 is 11.3 Å². The highest BCUT2D eigenvalue weighted by molar-refractivity contribution is 7.15. The third kappa shape index (κ3) is 3.38. The lowest BCUT2D eigenvalue weighted by Crippen LogP contribution is -2.07. The molecule has 3 heteroatoms. The third-order valence-electron chi connectivity index (χ3n) is 2.70. The maximum absolute atomic E-state index is 4.49. The summed E-state index contributed by atoms with van der Waals surface area (Å²) in [4.78, 5) is 5.86. The zero-order valence-electron chi connectivity index (χ0n) is 10.4. The molecule has 1 N–H and O–H groups in total. The number of benzene rings is 1. The van der Waals surface area contributed by atoms with Crippen LogP contribution in [0, 0.1) is 6.92 Å². The highest BCUT2D eigenvalue weighted by Crippen LogP contribution is 2.25. The van der Waals surface area contributed by atoms with E-state index in [1.807, 2.05) is 13.2 Å². The van der Waals surface area contributed by atoms with Crippen molar-refractivity contribution in [3.8, 4) is 10.6 Å². The minimum atomic E-state index is 1.07. The first kappa shape index (κ1) is 12.3. The van der Waals surface area contributed by atoms with Crippen LogP contribution in [0.15, 0.2) is 30.5 Å². The molecule has 90 valence electrons. The highest BCUT2D eigenvalue weighted by atomic mass is 32.1. The summed E-state index contributed by atoms with van der Waals surface area (Å²) in [5, 5.41) is 4.30. The predicted octanol–water partition coefficient (Wildman–Crippen LogP) is 3.27. The summed E-state index contributed by atoms with van der Waals surface area (Å²) in [7, 11) is 1.99. The summed E-state index contributed by atoms with van der Waals surface area (Å²) < 4.78 is 0. The number of rotatable bonds is 5. The maximum atomic E-state index is 4.49. The highest BCUT2D eigenvalue weighted by Gasteiger charge is 2.04. The molecule has 0 saturated heterocycles. The molecule has 2 aromatic rings. The van der Waals surface area contributed by atoms with Crippen molar-refractivity contribution in [2.24, 2.45) is 0 Å². The van der Waals surface area contributed by atoms with Gasteiger partial charge in [-0.05, 0) is 33.4 Å². The second kappa shape index (κ2) is 5.94. The molecule has 0 aliphatic rings. The predicted molar refractivity (Wildman–Crippen MR) is 74.5 cm³/mol. The minimum Gasteiger partial charge on any atom is -0.320 e. The molecule has 2 rings (SSSR count). The van der Waals surface area contributed by atoms with Crippen LogP contribution in [-0.4, -0.2) is 18.6 Å². The van der Waals surface area contributed by atoms with Crippen molar-refractivity contribution in [3.63, 3.8) is 0 Å². The molecular weight excluding hydrogens is 228 g/mol. The smallest absolute Gasteiger partial charge is 0.123 e. The quantitative estimate of drug-likeness (QED) is 0.819. The molecule has 0 radical (unpaired) electrons. The first-order chi connectivity index (χ1) is 8.29. The van der Waals surface area contributed by atoms with E-state index in [-0.39, 0.29) is 0 Å². The molecule has 2 nitrogen and oxygen atoms in total. The molecule has 0 bridgehead atoms. The molecule has 0 aliphatic carbocycles. The van der Waals surface area contributed by atoms with Crippen LogP contribution in [0.5, 0.6) is 0 Å². The molecule has 0 amide bonds. The number of thiazole rings is 1. The molecule has 0 atom stereocenters. The molecule has 0 fully saturated rings. The lowest BCUT2D eigenvalue weighted by molar-refractivity contribution is 0.729. The van der Waals surface area contributed by atoms with Gasteiger partial charge in [-0.15, -0.1) is 11.3 Å². The van der Waals surface area contributed by atoms with Gasteiger partial charge in [-0.1, -0.05) is 29.8 Å². The Morgan fingerprint density at radius 2 is 2.00 bits per heavy atom. The summed E-state index contributed by atoms with van der Waals surface area (Å²) in [6, 6.07) is 8.56.